The number of hydrogen-bond donors (Lipinski definition) is 0. The molecule has 0 rings (SSSR count). The fraction of sp³-hybridized carbons (Fsp3) is 0.375. The molecular weight excluding hydrogens is 110 g/mol. The van der Waals surface area contributed by atoms with Gasteiger partial charge in [-0.1, -0.05) is 6.58 Å². The maximum atomic E-state index is 3.75. The lowest BCUT2D eigenvalue weighted by atomic mass is 10.4. The van der Waals surface area contributed by atoms with Gasteiger partial charge in [0, 0.05) is 5.57 Å². The van der Waals surface area contributed by atoms with Gasteiger partial charge in [-0.15, -0.1) is 0 Å². The van der Waals surface area contributed by atoms with Crippen LogP contribution in [0.1, 0.15) is 13.8 Å². The second-order valence-electron chi connectivity index (χ2n) is 2.12. The van der Waals surface area contributed by atoms with E-state index in [0.717, 1.165) is 5.57 Å². The molecule has 1 nitrogen and oxygen atoms in total. The molecule has 1 heteroatoms. The average molecular weight is 124 g/mol. The lowest BCUT2D eigenvalue weighted by Gasteiger charge is -1.83. The Balaban J connectivity index is 4.00. The second-order valence-corrected chi connectivity index (χ2v) is 2.12. The SMILES string of the molecule is C=C(C)C=[N+](C)/C=C\C. The fourth-order valence-corrected chi connectivity index (χ4v) is 0.626. The van der Waals surface area contributed by atoms with E-state index in [1.54, 1.807) is 0 Å². The van der Waals surface area contributed by atoms with Gasteiger partial charge < -0.3 is 0 Å². The molecule has 0 N–H and O–H groups in total. The zero-order valence-electron chi connectivity index (χ0n) is 6.39. The van der Waals surface area contributed by atoms with Crippen LogP contribution in [0.2, 0.25) is 0 Å². The smallest absolute Gasteiger partial charge is 0.170 e. The monoisotopic (exact) mass is 124 g/mol. The zero-order valence-corrected chi connectivity index (χ0v) is 6.39. The summed E-state index contributed by atoms with van der Waals surface area (Å²) in [5, 5.41) is 0. The van der Waals surface area contributed by atoms with Crippen LogP contribution in [0.15, 0.2) is 24.4 Å². The predicted molar refractivity (Wildman–Crippen MR) is 41.9 cm³/mol. The van der Waals surface area contributed by atoms with Gasteiger partial charge in [0.15, 0.2) is 12.4 Å². The van der Waals surface area contributed by atoms with Gasteiger partial charge in [-0.25, -0.2) is 4.58 Å². The van der Waals surface area contributed by atoms with E-state index in [4.69, 9.17) is 0 Å². The van der Waals surface area contributed by atoms with Crippen molar-refractivity contribution >= 4 is 6.21 Å². The number of rotatable bonds is 2. The molecule has 0 aromatic rings. The van der Waals surface area contributed by atoms with Crippen molar-refractivity contribution in [1.82, 2.24) is 0 Å². The molecule has 0 fully saturated rings. The van der Waals surface area contributed by atoms with Crippen molar-refractivity contribution in [3.8, 4) is 0 Å². The third kappa shape index (κ3) is 5.01. The highest BCUT2D eigenvalue weighted by Crippen LogP contribution is 1.79. The van der Waals surface area contributed by atoms with Gasteiger partial charge in [-0.05, 0) is 19.9 Å². The quantitative estimate of drug-likeness (QED) is 0.390. The molecule has 9 heavy (non-hydrogen) atoms. The Morgan fingerprint density at radius 2 is 2.11 bits per heavy atom. The van der Waals surface area contributed by atoms with Gasteiger partial charge >= 0.3 is 0 Å². The van der Waals surface area contributed by atoms with Gasteiger partial charge in [-0.2, -0.15) is 0 Å². The highest BCUT2D eigenvalue weighted by molar-refractivity contribution is 5.72. The van der Waals surface area contributed by atoms with Crippen LogP contribution < -0.4 is 0 Å². The van der Waals surface area contributed by atoms with Crippen LogP contribution in [0.25, 0.3) is 0 Å². The third-order valence-corrected chi connectivity index (χ3v) is 0.808. The molecule has 0 spiro atoms. The van der Waals surface area contributed by atoms with E-state index in [1.807, 2.05) is 44.0 Å². The maximum Gasteiger partial charge on any atom is 0.170 e. The van der Waals surface area contributed by atoms with Gasteiger partial charge in [0.1, 0.15) is 7.05 Å². The average Bonchev–Trinajstić information content (AvgIpc) is 1.63. The summed E-state index contributed by atoms with van der Waals surface area (Å²) in [6, 6.07) is 0. The first kappa shape index (κ1) is 8.15. The molecule has 0 aromatic heterocycles. The minimum Gasteiger partial charge on any atom is -0.208 e. The number of nitrogens with zero attached hydrogens (tertiary/aromatic N) is 1. The van der Waals surface area contributed by atoms with E-state index in [2.05, 4.69) is 6.58 Å². The molecule has 0 bridgehead atoms. The Labute approximate surface area is 57.0 Å². The number of allylic oxidation sites excluding steroid dienone is 2. The Morgan fingerprint density at radius 3 is 2.44 bits per heavy atom. The van der Waals surface area contributed by atoms with Crippen molar-refractivity contribution < 1.29 is 4.58 Å². The molecule has 0 saturated heterocycles. The summed E-state index contributed by atoms with van der Waals surface area (Å²) in [5.41, 5.74) is 1.07. The van der Waals surface area contributed by atoms with Crippen LogP contribution in [-0.4, -0.2) is 17.8 Å². The summed E-state index contributed by atoms with van der Waals surface area (Å²) in [5.74, 6) is 0. The largest absolute Gasteiger partial charge is 0.208 e. The molecule has 0 unspecified atom stereocenters. The lowest BCUT2D eigenvalue weighted by Crippen LogP contribution is -1.97. The summed E-state index contributed by atoms with van der Waals surface area (Å²) in [6.07, 6.45) is 5.94. The number of hydrogen-bond acceptors (Lipinski definition) is 0. The minimum atomic E-state index is 1.07. The summed E-state index contributed by atoms with van der Waals surface area (Å²) in [6.45, 7) is 7.71. The Kier molecular flexibility index (Phi) is 3.69. The molecular formula is C8H14N+. The molecule has 50 valence electrons. The Hall–Kier alpha value is -0.850. The van der Waals surface area contributed by atoms with Gasteiger partial charge in [0.25, 0.3) is 0 Å². The molecule has 0 aliphatic rings. The summed E-state index contributed by atoms with van der Waals surface area (Å²) in [4.78, 5) is 0. The van der Waals surface area contributed by atoms with Gasteiger partial charge in [0.05, 0.1) is 0 Å². The molecule has 0 aromatic carbocycles. The van der Waals surface area contributed by atoms with Crippen LogP contribution in [-0.2, 0) is 0 Å². The molecule has 0 aliphatic heterocycles. The summed E-state index contributed by atoms with van der Waals surface area (Å²) >= 11 is 0. The summed E-state index contributed by atoms with van der Waals surface area (Å²) < 4.78 is 1.97. The molecule has 0 radical (unpaired) electrons. The van der Waals surface area contributed by atoms with E-state index < -0.39 is 0 Å². The standard InChI is InChI=1S/C8H14N/c1-5-6-9(4)7-8(2)3/h5-7H,2H2,1,3-4H3/q+1/b6-5-,9-7?. The van der Waals surface area contributed by atoms with Gasteiger partial charge in [-0.3, -0.25) is 0 Å². The molecule has 0 heterocycles. The third-order valence-electron chi connectivity index (χ3n) is 0.808. The van der Waals surface area contributed by atoms with Crippen LogP contribution in [0.3, 0.4) is 0 Å². The van der Waals surface area contributed by atoms with E-state index in [1.165, 1.54) is 0 Å². The van der Waals surface area contributed by atoms with Crippen molar-refractivity contribution in [1.29, 1.82) is 0 Å². The first-order valence-electron chi connectivity index (χ1n) is 3.02. The molecule has 0 amide bonds. The second kappa shape index (κ2) is 4.07. The van der Waals surface area contributed by atoms with Crippen molar-refractivity contribution in [3.05, 3.63) is 24.4 Å². The minimum absolute atomic E-state index is 1.07. The van der Waals surface area contributed by atoms with E-state index in [0.29, 0.717) is 0 Å². The van der Waals surface area contributed by atoms with Crippen molar-refractivity contribution in [2.75, 3.05) is 7.05 Å². The van der Waals surface area contributed by atoms with Crippen LogP contribution in [0.5, 0.6) is 0 Å². The highest BCUT2D eigenvalue weighted by Gasteiger charge is 1.85. The van der Waals surface area contributed by atoms with Crippen LogP contribution in [0.4, 0.5) is 0 Å². The topological polar surface area (TPSA) is 3.01 Å². The summed E-state index contributed by atoms with van der Waals surface area (Å²) in [7, 11) is 1.98. The predicted octanol–water partition coefficient (Wildman–Crippen LogP) is 1.81. The van der Waals surface area contributed by atoms with E-state index >= 15 is 0 Å². The Bertz CT molecular complexity index is 152. The first-order chi connectivity index (χ1) is 4.16. The molecule has 0 aliphatic carbocycles. The Morgan fingerprint density at radius 1 is 1.56 bits per heavy atom. The van der Waals surface area contributed by atoms with Crippen LogP contribution >= 0.6 is 0 Å². The molecule has 0 atom stereocenters. The van der Waals surface area contributed by atoms with Crippen molar-refractivity contribution in [3.63, 3.8) is 0 Å². The highest BCUT2D eigenvalue weighted by atomic mass is 14.9. The lowest BCUT2D eigenvalue weighted by molar-refractivity contribution is -0.416. The fourth-order valence-electron chi connectivity index (χ4n) is 0.626. The molecule has 0 saturated carbocycles. The van der Waals surface area contributed by atoms with E-state index in [9.17, 15) is 0 Å². The zero-order chi connectivity index (χ0) is 7.28. The van der Waals surface area contributed by atoms with E-state index in [-0.39, 0.29) is 0 Å². The van der Waals surface area contributed by atoms with Gasteiger partial charge in [0.2, 0.25) is 0 Å². The normalized spacial score (nSPS) is 12.6. The maximum absolute atomic E-state index is 3.75. The van der Waals surface area contributed by atoms with Crippen molar-refractivity contribution in [2.45, 2.75) is 13.8 Å². The first-order valence-corrected chi connectivity index (χ1v) is 3.02. The van der Waals surface area contributed by atoms with Crippen LogP contribution in [0, 0.1) is 0 Å². The van der Waals surface area contributed by atoms with Crippen molar-refractivity contribution in [2.24, 2.45) is 0 Å².